The fraction of sp³-hybridized carbons (Fsp3) is 0.500. The Morgan fingerprint density at radius 3 is 3.06 bits per heavy atom. The van der Waals surface area contributed by atoms with Crippen LogP contribution >= 0.6 is 11.6 Å². The number of rotatable bonds is 4. The maximum atomic E-state index is 10.8. The third-order valence-electron chi connectivity index (χ3n) is 2.96. The molecule has 6 heteroatoms. The van der Waals surface area contributed by atoms with Crippen LogP contribution in [0.2, 0.25) is 5.02 Å². The van der Waals surface area contributed by atoms with Gasteiger partial charge in [-0.15, -0.1) is 0 Å². The fourth-order valence-corrected chi connectivity index (χ4v) is 2.16. The molecule has 1 N–H and O–H groups in total. The van der Waals surface area contributed by atoms with E-state index in [-0.39, 0.29) is 10.7 Å². The fourth-order valence-electron chi connectivity index (χ4n) is 1.97. The zero-order valence-corrected chi connectivity index (χ0v) is 10.7. The number of nitro benzene ring substituents is 1. The Hall–Kier alpha value is -1.17. The summed E-state index contributed by atoms with van der Waals surface area (Å²) in [6.07, 6.45) is 2.13. The average Bonchev–Trinajstić information content (AvgIpc) is 2.38. The summed E-state index contributed by atoms with van der Waals surface area (Å²) in [6, 6.07) is 5.20. The first-order chi connectivity index (χ1) is 8.66. The van der Waals surface area contributed by atoms with E-state index in [0.29, 0.717) is 19.2 Å². The Morgan fingerprint density at radius 1 is 1.56 bits per heavy atom. The predicted molar refractivity (Wildman–Crippen MR) is 68.8 cm³/mol. The Morgan fingerprint density at radius 2 is 2.39 bits per heavy atom. The van der Waals surface area contributed by atoms with E-state index in [1.54, 1.807) is 12.1 Å². The molecule has 1 atom stereocenters. The van der Waals surface area contributed by atoms with Gasteiger partial charge in [-0.1, -0.05) is 17.7 Å². The van der Waals surface area contributed by atoms with Gasteiger partial charge < -0.3 is 10.1 Å². The van der Waals surface area contributed by atoms with Crippen LogP contribution in [0.1, 0.15) is 18.4 Å². The third-order valence-corrected chi connectivity index (χ3v) is 3.28. The number of hydrogen-bond acceptors (Lipinski definition) is 4. The molecule has 18 heavy (non-hydrogen) atoms. The van der Waals surface area contributed by atoms with Gasteiger partial charge in [-0.25, -0.2) is 0 Å². The third kappa shape index (κ3) is 3.41. The molecule has 0 bridgehead atoms. The van der Waals surface area contributed by atoms with Crippen LogP contribution < -0.4 is 5.32 Å². The van der Waals surface area contributed by atoms with Crippen molar-refractivity contribution < 1.29 is 9.66 Å². The minimum atomic E-state index is -0.463. The lowest BCUT2D eigenvalue weighted by atomic mass is 10.1. The molecule has 0 radical (unpaired) electrons. The molecule has 0 aliphatic carbocycles. The van der Waals surface area contributed by atoms with Crippen molar-refractivity contribution in [3.63, 3.8) is 0 Å². The molecular weight excluding hydrogens is 256 g/mol. The van der Waals surface area contributed by atoms with Crippen LogP contribution in [0, 0.1) is 10.1 Å². The van der Waals surface area contributed by atoms with Gasteiger partial charge in [0.1, 0.15) is 5.02 Å². The van der Waals surface area contributed by atoms with E-state index in [0.717, 1.165) is 25.0 Å². The molecule has 1 aliphatic heterocycles. The number of halogens is 1. The molecule has 0 amide bonds. The predicted octanol–water partition coefficient (Wildman–Crippen LogP) is 2.52. The van der Waals surface area contributed by atoms with Gasteiger partial charge in [-0.05, 0) is 24.5 Å². The second-order valence-corrected chi connectivity index (χ2v) is 4.75. The number of hydrogen-bond donors (Lipinski definition) is 1. The molecule has 1 aromatic carbocycles. The first kappa shape index (κ1) is 13.3. The monoisotopic (exact) mass is 270 g/mol. The minimum Gasteiger partial charge on any atom is -0.380 e. The molecule has 0 aromatic heterocycles. The van der Waals surface area contributed by atoms with E-state index in [1.807, 2.05) is 0 Å². The van der Waals surface area contributed by atoms with Gasteiger partial charge in [0, 0.05) is 25.3 Å². The molecule has 5 nitrogen and oxygen atoms in total. The average molecular weight is 271 g/mol. The SMILES string of the molecule is O=[N+]([O-])c1cc(CNC2CCCOC2)ccc1Cl. The summed E-state index contributed by atoms with van der Waals surface area (Å²) in [6.45, 7) is 2.12. The summed E-state index contributed by atoms with van der Waals surface area (Å²) in [4.78, 5) is 10.3. The van der Waals surface area contributed by atoms with Gasteiger partial charge in [0.15, 0.2) is 0 Å². The van der Waals surface area contributed by atoms with E-state index in [4.69, 9.17) is 16.3 Å². The van der Waals surface area contributed by atoms with Crippen molar-refractivity contribution in [2.75, 3.05) is 13.2 Å². The van der Waals surface area contributed by atoms with Gasteiger partial charge in [0.2, 0.25) is 0 Å². The maximum Gasteiger partial charge on any atom is 0.288 e. The first-order valence-electron chi connectivity index (χ1n) is 5.91. The van der Waals surface area contributed by atoms with Gasteiger partial charge in [0.25, 0.3) is 5.69 Å². The second-order valence-electron chi connectivity index (χ2n) is 4.34. The van der Waals surface area contributed by atoms with E-state index < -0.39 is 4.92 Å². The lowest BCUT2D eigenvalue weighted by Crippen LogP contribution is -2.36. The van der Waals surface area contributed by atoms with Crippen LogP contribution in [-0.4, -0.2) is 24.2 Å². The Labute approximate surface area is 110 Å². The van der Waals surface area contributed by atoms with E-state index in [2.05, 4.69) is 5.32 Å². The summed E-state index contributed by atoms with van der Waals surface area (Å²) >= 11 is 5.76. The summed E-state index contributed by atoms with van der Waals surface area (Å²) in [5, 5.41) is 14.3. The van der Waals surface area contributed by atoms with E-state index >= 15 is 0 Å². The van der Waals surface area contributed by atoms with Gasteiger partial charge >= 0.3 is 0 Å². The normalized spacial score (nSPS) is 19.7. The van der Waals surface area contributed by atoms with E-state index in [1.165, 1.54) is 6.07 Å². The van der Waals surface area contributed by atoms with Crippen molar-refractivity contribution in [1.29, 1.82) is 0 Å². The molecule has 1 unspecified atom stereocenters. The highest BCUT2D eigenvalue weighted by atomic mass is 35.5. The number of nitrogens with one attached hydrogen (secondary N) is 1. The lowest BCUT2D eigenvalue weighted by Gasteiger charge is -2.23. The quantitative estimate of drug-likeness (QED) is 0.674. The highest BCUT2D eigenvalue weighted by Gasteiger charge is 2.15. The van der Waals surface area contributed by atoms with Crippen LogP contribution in [0.3, 0.4) is 0 Å². The maximum absolute atomic E-state index is 10.8. The Balaban J connectivity index is 1.96. The summed E-state index contributed by atoms with van der Waals surface area (Å²) < 4.78 is 5.36. The van der Waals surface area contributed by atoms with Crippen LogP contribution in [0.5, 0.6) is 0 Å². The van der Waals surface area contributed by atoms with Crippen LogP contribution in [0.15, 0.2) is 18.2 Å². The molecule has 0 spiro atoms. The van der Waals surface area contributed by atoms with Crippen LogP contribution in [-0.2, 0) is 11.3 Å². The largest absolute Gasteiger partial charge is 0.380 e. The number of nitro groups is 1. The van der Waals surface area contributed by atoms with Crippen molar-refractivity contribution in [1.82, 2.24) is 5.32 Å². The summed E-state index contributed by atoms with van der Waals surface area (Å²) in [7, 11) is 0. The first-order valence-corrected chi connectivity index (χ1v) is 6.28. The van der Waals surface area contributed by atoms with Crippen molar-refractivity contribution in [2.24, 2.45) is 0 Å². The van der Waals surface area contributed by atoms with E-state index in [9.17, 15) is 10.1 Å². The zero-order valence-electron chi connectivity index (χ0n) is 9.89. The molecule has 1 fully saturated rings. The minimum absolute atomic E-state index is 0.0455. The molecule has 2 rings (SSSR count). The van der Waals surface area contributed by atoms with Crippen molar-refractivity contribution in [3.05, 3.63) is 38.9 Å². The topological polar surface area (TPSA) is 64.4 Å². The molecule has 98 valence electrons. The molecule has 0 saturated carbocycles. The highest BCUT2D eigenvalue weighted by molar-refractivity contribution is 6.32. The Kier molecular flexibility index (Phi) is 4.52. The second kappa shape index (κ2) is 6.13. The molecule has 1 saturated heterocycles. The highest BCUT2D eigenvalue weighted by Crippen LogP contribution is 2.25. The lowest BCUT2D eigenvalue weighted by molar-refractivity contribution is -0.384. The zero-order chi connectivity index (χ0) is 13.0. The summed E-state index contributed by atoms with van der Waals surface area (Å²) in [5.74, 6) is 0. The van der Waals surface area contributed by atoms with Gasteiger partial charge in [0.05, 0.1) is 11.5 Å². The van der Waals surface area contributed by atoms with Crippen molar-refractivity contribution in [2.45, 2.75) is 25.4 Å². The molecule has 1 aromatic rings. The number of ether oxygens (including phenoxy) is 1. The van der Waals surface area contributed by atoms with Gasteiger partial charge in [-0.2, -0.15) is 0 Å². The summed E-state index contributed by atoms with van der Waals surface area (Å²) in [5.41, 5.74) is 0.813. The standard InChI is InChI=1S/C12H15ClN2O3/c13-11-4-3-9(6-12(11)15(16)17)7-14-10-2-1-5-18-8-10/h3-4,6,10,14H,1-2,5,7-8H2. The number of nitrogens with zero attached hydrogens (tertiary/aromatic N) is 1. The van der Waals surface area contributed by atoms with Crippen molar-refractivity contribution >= 4 is 17.3 Å². The van der Waals surface area contributed by atoms with Crippen LogP contribution in [0.25, 0.3) is 0 Å². The molecule has 1 heterocycles. The molecular formula is C12H15ClN2O3. The van der Waals surface area contributed by atoms with Crippen LogP contribution in [0.4, 0.5) is 5.69 Å². The molecule has 1 aliphatic rings. The number of benzene rings is 1. The smallest absolute Gasteiger partial charge is 0.288 e. The van der Waals surface area contributed by atoms with Gasteiger partial charge in [-0.3, -0.25) is 10.1 Å². The Bertz CT molecular complexity index is 433. The van der Waals surface area contributed by atoms with Crippen molar-refractivity contribution in [3.8, 4) is 0 Å².